The highest BCUT2D eigenvalue weighted by Crippen LogP contribution is 2.41. The third-order valence-corrected chi connectivity index (χ3v) is 6.20. The standard InChI is InChI=1S/C22H22FN3O4S/c23-18-4-2-1-3-17(18)21-24-25-22(26(21)15-6-7-15)31-12-16(27)11-28-10-14-5-8-19-20(9-14)30-13-29-19/h1-5,8-9,15-16,27H,6-7,10-13H2/t16-/m1/s1. The Kier molecular flexibility index (Phi) is 5.80. The molecule has 0 saturated heterocycles. The first-order valence-corrected chi connectivity index (χ1v) is 11.1. The van der Waals surface area contributed by atoms with Crippen molar-refractivity contribution in [3.05, 3.63) is 53.8 Å². The minimum absolute atomic E-state index is 0.194. The average Bonchev–Trinajstić information content (AvgIpc) is 3.35. The van der Waals surface area contributed by atoms with Gasteiger partial charge in [0.2, 0.25) is 6.79 Å². The van der Waals surface area contributed by atoms with Crippen molar-refractivity contribution < 1.29 is 23.7 Å². The summed E-state index contributed by atoms with van der Waals surface area (Å²) in [6.07, 6.45) is 1.38. The molecule has 3 aromatic rings. The number of rotatable bonds is 9. The number of ether oxygens (including phenoxy) is 3. The Labute approximate surface area is 183 Å². The lowest BCUT2D eigenvalue weighted by Gasteiger charge is -2.12. The van der Waals surface area contributed by atoms with Crippen LogP contribution in [0, 0.1) is 5.82 Å². The van der Waals surface area contributed by atoms with E-state index in [-0.39, 0.29) is 25.3 Å². The van der Waals surface area contributed by atoms with Crippen LogP contribution in [0.3, 0.4) is 0 Å². The van der Waals surface area contributed by atoms with E-state index < -0.39 is 6.10 Å². The number of fused-ring (bicyclic) bond motifs is 1. The van der Waals surface area contributed by atoms with Crippen LogP contribution in [-0.2, 0) is 11.3 Å². The monoisotopic (exact) mass is 443 g/mol. The summed E-state index contributed by atoms with van der Waals surface area (Å²) in [7, 11) is 0. The molecule has 9 heteroatoms. The van der Waals surface area contributed by atoms with Crippen molar-refractivity contribution in [2.45, 2.75) is 36.8 Å². The van der Waals surface area contributed by atoms with E-state index in [4.69, 9.17) is 14.2 Å². The summed E-state index contributed by atoms with van der Waals surface area (Å²) in [4.78, 5) is 0. The van der Waals surface area contributed by atoms with Gasteiger partial charge >= 0.3 is 0 Å². The highest BCUT2D eigenvalue weighted by Gasteiger charge is 2.31. The summed E-state index contributed by atoms with van der Waals surface area (Å²) in [6, 6.07) is 12.5. The summed E-state index contributed by atoms with van der Waals surface area (Å²) >= 11 is 1.41. The fourth-order valence-corrected chi connectivity index (χ4v) is 4.34. The second-order valence-electron chi connectivity index (χ2n) is 7.55. The van der Waals surface area contributed by atoms with Crippen molar-refractivity contribution in [3.8, 4) is 22.9 Å². The van der Waals surface area contributed by atoms with Crippen LogP contribution in [0.25, 0.3) is 11.4 Å². The second kappa shape index (κ2) is 8.86. The molecule has 1 saturated carbocycles. The van der Waals surface area contributed by atoms with Crippen LogP contribution in [0.4, 0.5) is 4.39 Å². The highest BCUT2D eigenvalue weighted by molar-refractivity contribution is 7.99. The van der Waals surface area contributed by atoms with E-state index in [0.717, 1.165) is 24.2 Å². The maximum absolute atomic E-state index is 14.3. The van der Waals surface area contributed by atoms with E-state index in [1.165, 1.54) is 17.8 Å². The number of halogens is 1. The Morgan fingerprint density at radius 2 is 2.00 bits per heavy atom. The third-order valence-electron chi connectivity index (χ3n) is 5.11. The Morgan fingerprint density at radius 1 is 1.16 bits per heavy atom. The predicted molar refractivity (Wildman–Crippen MR) is 113 cm³/mol. The number of thioether (sulfide) groups is 1. The molecular weight excluding hydrogens is 421 g/mol. The molecule has 1 atom stereocenters. The number of hydrogen-bond acceptors (Lipinski definition) is 7. The third kappa shape index (κ3) is 4.53. The van der Waals surface area contributed by atoms with Gasteiger partial charge in [-0.3, -0.25) is 4.57 Å². The molecule has 1 aromatic heterocycles. The van der Waals surface area contributed by atoms with Gasteiger partial charge in [0, 0.05) is 11.8 Å². The molecule has 7 nitrogen and oxygen atoms in total. The van der Waals surface area contributed by atoms with Crippen molar-refractivity contribution in [2.24, 2.45) is 0 Å². The lowest BCUT2D eigenvalue weighted by molar-refractivity contribution is 0.0397. The van der Waals surface area contributed by atoms with Crippen LogP contribution < -0.4 is 9.47 Å². The van der Waals surface area contributed by atoms with Gasteiger partial charge in [0.15, 0.2) is 22.5 Å². The molecular formula is C22H22FN3O4S. The van der Waals surface area contributed by atoms with Gasteiger partial charge < -0.3 is 19.3 Å². The molecule has 5 rings (SSSR count). The van der Waals surface area contributed by atoms with Crippen LogP contribution in [0.5, 0.6) is 11.5 Å². The summed E-state index contributed by atoms with van der Waals surface area (Å²) < 4.78 is 32.6. The van der Waals surface area contributed by atoms with Gasteiger partial charge in [0.05, 0.1) is 24.9 Å². The molecule has 31 heavy (non-hydrogen) atoms. The molecule has 0 radical (unpaired) electrons. The van der Waals surface area contributed by atoms with Crippen LogP contribution in [0.2, 0.25) is 0 Å². The zero-order valence-electron chi connectivity index (χ0n) is 16.7. The molecule has 2 heterocycles. The summed E-state index contributed by atoms with van der Waals surface area (Å²) in [5, 5.41) is 19.5. The molecule has 0 unspecified atom stereocenters. The van der Waals surface area contributed by atoms with E-state index in [1.807, 2.05) is 22.8 Å². The second-order valence-corrected chi connectivity index (χ2v) is 8.54. The number of benzene rings is 2. The largest absolute Gasteiger partial charge is 0.454 e. The van der Waals surface area contributed by atoms with Crippen molar-refractivity contribution in [1.29, 1.82) is 0 Å². The van der Waals surface area contributed by atoms with Gasteiger partial charge in [-0.2, -0.15) is 0 Å². The van der Waals surface area contributed by atoms with Crippen LogP contribution in [0.15, 0.2) is 47.6 Å². The molecule has 1 N–H and O–H groups in total. The topological polar surface area (TPSA) is 78.6 Å². The zero-order chi connectivity index (χ0) is 21.2. The van der Waals surface area contributed by atoms with Gasteiger partial charge in [0.1, 0.15) is 5.82 Å². The molecule has 2 aliphatic rings. The average molecular weight is 444 g/mol. The van der Waals surface area contributed by atoms with Gasteiger partial charge in [-0.05, 0) is 42.7 Å². The van der Waals surface area contributed by atoms with Crippen molar-refractivity contribution in [2.75, 3.05) is 19.2 Å². The zero-order valence-corrected chi connectivity index (χ0v) is 17.6. The SMILES string of the molecule is O[C@H](COCc1ccc2c(c1)OCO2)CSc1nnc(-c2ccccc2F)n1C1CC1. The molecule has 1 aliphatic heterocycles. The van der Waals surface area contributed by atoms with Crippen molar-refractivity contribution >= 4 is 11.8 Å². The molecule has 2 aromatic carbocycles. The smallest absolute Gasteiger partial charge is 0.231 e. The Morgan fingerprint density at radius 3 is 2.84 bits per heavy atom. The molecule has 0 spiro atoms. The summed E-state index contributed by atoms with van der Waals surface area (Å²) in [6.45, 7) is 0.799. The number of hydrogen-bond donors (Lipinski definition) is 1. The van der Waals surface area contributed by atoms with E-state index in [1.54, 1.807) is 18.2 Å². The normalized spacial score (nSPS) is 15.9. The first-order chi connectivity index (χ1) is 15.2. The quantitative estimate of drug-likeness (QED) is 0.504. The summed E-state index contributed by atoms with van der Waals surface area (Å²) in [5.74, 6) is 2.07. The Hall–Kier alpha value is -2.62. The number of aromatic nitrogens is 3. The van der Waals surface area contributed by atoms with Crippen LogP contribution in [-0.4, -0.2) is 45.1 Å². The molecule has 0 bridgehead atoms. The van der Waals surface area contributed by atoms with Gasteiger partial charge in [0.25, 0.3) is 0 Å². The summed E-state index contributed by atoms with van der Waals surface area (Å²) in [5.41, 5.74) is 1.40. The minimum atomic E-state index is -0.666. The Balaban J connectivity index is 1.17. The van der Waals surface area contributed by atoms with Crippen LogP contribution in [0.1, 0.15) is 24.4 Å². The highest BCUT2D eigenvalue weighted by atomic mass is 32.2. The van der Waals surface area contributed by atoms with E-state index >= 15 is 0 Å². The minimum Gasteiger partial charge on any atom is -0.454 e. The van der Waals surface area contributed by atoms with E-state index in [0.29, 0.717) is 34.7 Å². The molecule has 162 valence electrons. The van der Waals surface area contributed by atoms with Gasteiger partial charge in [-0.1, -0.05) is 30.0 Å². The maximum Gasteiger partial charge on any atom is 0.231 e. The van der Waals surface area contributed by atoms with Crippen LogP contribution >= 0.6 is 11.8 Å². The number of aliphatic hydroxyl groups excluding tert-OH is 1. The fourth-order valence-electron chi connectivity index (χ4n) is 3.43. The van der Waals surface area contributed by atoms with E-state index in [2.05, 4.69) is 10.2 Å². The lowest BCUT2D eigenvalue weighted by atomic mass is 10.2. The first kappa shape index (κ1) is 20.3. The number of aliphatic hydroxyl groups is 1. The molecule has 0 amide bonds. The predicted octanol–water partition coefficient (Wildman–Crippen LogP) is 3.82. The maximum atomic E-state index is 14.3. The van der Waals surface area contributed by atoms with Gasteiger partial charge in [-0.25, -0.2) is 4.39 Å². The van der Waals surface area contributed by atoms with E-state index in [9.17, 15) is 9.50 Å². The number of nitrogens with zero attached hydrogens (tertiary/aromatic N) is 3. The van der Waals surface area contributed by atoms with Crippen molar-refractivity contribution in [3.63, 3.8) is 0 Å². The fraction of sp³-hybridized carbons (Fsp3) is 0.364. The van der Waals surface area contributed by atoms with Gasteiger partial charge in [-0.15, -0.1) is 10.2 Å². The lowest BCUT2D eigenvalue weighted by Crippen LogP contribution is -2.18. The molecule has 1 aliphatic carbocycles. The Bertz CT molecular complexity index is 1070. The van der Waals surface area contributed by atoms with Crippen molar-refractivity contribution in [1.82, 2.24) is 14.8 Å². The molecule has 1 fully saturated rings. The first-order valence-electron chi connectivity index (χ1n) is 10.2.